The summed E-state index contributed by atoms with van der Waals surface area (Å²) < 4.78 is 60.8. The smallest absolute Gasteiger partial charge is 0.419 e. The molecule has 0 atom stereocenters. The molecule has 3 aromatic rings. The number of benzene rings is 2. The van der Waals surface area contributed by atoms with Crippen LogP contribution in [0.3, 0.4) is 0 Å². The van der Waals surface area contributed by atoms with Crippen LogP contribution in [0.1, 0.15) is 12.0 Å². The monoisotopic (exact) mass is 437 g/mol. The van der Waals surface area contributed by atoms with E-state index in [9.17, 15) is 27.2 Å². The minimum atomic E-state index is -4.93. The van der Waals surface area contributed by atoms with Gasteiger partial charge in [-0.25, -0.2) is 4.39 Å². The quantitative estimate of drug-likeness (QED) is 0.571. The second-order valence-electron chi connectivity index (χ2n) is 6.96. The van der Waals surface area contributed by atoms with Gasteiger partial charge in [-0.05, 0) is 24.3 Å². The highest BCUT2D eigenvalue weighted by Crippen LogP contribution is 2.35. The predicted octanol–water partition coefficient (Wildman–Crippen LogP) is 3.71. The molecule has 0 N–H and O–H groups in total. The molecule has 3 rings (SSSR count). The van der Waals surface area contributed by atoms with Gasteiger partial charge in [-0.2, -0.15) is 18.3 Å². The molecule has 0 unspecified atom stereocenters. The van der Waals surface area contributed by atoms with Crippen molar-refractivity contribution in [1.82, 2.24) is 14.7 Å². The Labute approximate surface area is 174 Å². The molecule has 0 spiro atoms. The van der Waals surface area contributed by atoms with Crippen molar-refractivity contribution in [2.24, 2.45) is 0 Å². The van der Waals surface area contributed by atoms with Crippen molar-refractivity contribution in [3.63, 3.8) is 0 Å². The number of rotatable bonds is 5. The first-order chi connectivity index (χ1) is 14.6. The number of carbonyl (C=O) groups excluding carboxylic acids is 1. The molecule has 0 aliphatic heterocycles. The molecule has 0 saturated carbocycles. The van der Waals surface area contributed by atoms with Crippen LogP contribution in [-0.2, 0) is 17.5 Å². The molecule has 1 amide bonds. The zero-order valence-corrected chi connectivity index (χ0v) is 17.0. The summed E-state index contributed by atoms with van der Waals surface area (Å²) in [4.78, 5) is 26.5. The van der Waals surface area contributed by atoms with E-state index in [2.05, 4.69) is 5.10 Å². The second kappa shape index (κ2) is 8.37. The fourth-order valence-corrected chi connectivity index (χ4v) is 3.18. The van der Waals surface area contributed by atoms with Gasteiger partial charge in [0.25, 0.3) is 0 Å². The van der Waals surface area contributed by atoms with Gasteiger partial charge in [0.15, 0.2) is 0 Å². The molecule has 0 aliphatic carbocycles. The number of hydrogen-bond donors (Lipinski definition) is 0. The zero-order chi connectivity index (χ0) is 22.9. The van der Waals surface area contributed by atoms with Crippen LogP contribution in [-0.4, -0.2) is 41.8 Å². The first kappa shape index (κ1) is 22.3. The third-order valence-corrected chi connectivity index (χ3v) is 4.75. The number of ether oxygens (including phenoxy) is 1. The van der Waals surface area contributed by atoms with E-state index in [1.165, 1.54) is 28.8 Å². The van der Waals surface area contributed by atoms with Gasteiger partial charge in [-0.1, -0.05) is 12.1 Å². The van der Waals surface area contributed by atoms with E-state index >= 15 is 0 Å². The lowest BCUT2D eigenvalue weighted by Crippen LogP contribution is -2.25. The fourth-order valence-electron chi connectivity index (χ4n) is 3.18. The average molecular weight is 437 g/mol. The van der Waals surface area contributed by atoms with Crippen LogP contribution in [0.2, 0.25) is 0 Å². The van der Waals surface area contributed by atoms with Gasteiger partial charge in [-0.15, -0.1) is 0 Å². The summed E-state index contributed by atoms with van der Waals surface area (Å²) in [5, 5.41) is 4.22. The lowest BCUT2D eigenvalue weighted by molar-refractivity contribution is -0.140. The van der Waals surface area contributed by atoms with Gasteiger partial charge in [-0.3, -0.25) is 14.3 Å². The largest absolute Gasteiger partial charge is 0.494 e. The number of carbonyl (C=O) groups is 1. The summed E-state index contributed by atoms with van der Waals surface area (Å²) in [5.41, 5.74) is -3.04. The van der Waals surface area contributed by atoms with Crippen molar-refractivity contribution in [3.05, 3.63) is 58.0 Å². The van der Waals surface area contributed by atoms with E-state index in [0.717, 1.165) is 12.1 Å². The van der Waals surface area contributed by atoms with E-state index in [-0.39, 0.29) is 35.5 Å². The molecule has 1 aromatic heterocycles. The number of hydrogen-bond acceptors (Lipinski definition) is 4. The number of amides is 1. The van der Waals surface area contributed by atoms with Gasteiger partial charge in [0.05, 0.1) is 24.6 Å². The normalized spacial score (nSPS) is 11.6. The molecule has 0 saturated heterocycles. The molecule has 1 heterocycles. The molecule has 0 fully saturated rings. The predicted molar refractivity (Wildman–Crippen MR) is 106 cm³/mol. The van der Waals surface area contributed by atoms with Crippen molar-refractivity contribution in [1.29, 1.82) is 0 Å². The minimum absolute atomic E-state index is 0.000528. The van der Waals surface area contributed by atoms with Crippen LogP contribution in [0, 0.1) is 5.82 Å². The molecule has 0 bridgehead atoms. The number of aromatic nitrogens is 2. The molecule has 0 radical (unpaired) electrons. The van der Waals surface area contributed by atoms with Crippen molar-refractivity contribution in [3.8, 4) is 17.0 Å². The van der Waals surface area contributed by atoms with E-state index in [1.54, 1.807) is 20.2 Å². The Hall–Kier alpha value is -3.43. The van der Waals surface area contributed by atoms with Crippen molar-refractivity contribution in [2.75, 3.05) is 21.2 Å². The molecule has 0 aliphatic rings. The average Bonchev–Trinajstić information content (AvgIpc) is 2.72. The maximum absolute atomic E-state index is 14.7. The van der Waals surface area contributed by atoms with Crippen LogP contribution in [0.25, 0.3) is 22.2 Å². The highest BCUT2D eigenvalue weighted by molar-refractivity contribution is 5.87. The van der Waals surface area contributed by atoms with Crippen LogP contribution in [0.15, 0.2) is 41.2 Å². The van der Waals surface area contributed by atoms with Crippen molar-refractivity contribution >= 4 is 16.8 Å². The summed E-state index contributed by atoms with van der Waals surface area (Å²) >= 11 is 0. The molecule has 6 nitrogen and oxygen atoms in total. The Balaban J connectivity index is 2.29. The van der Waals surface area contributed by atoms with Gasteiger partial charge < -0.3 is 9.64 Å². The highest BCUT2D eigenvalue weighted by atomic mass is 19.4. The molecule has 10 heteroatoms. The third kappa shape index (κ3) is 4.23. The van der Waals surface area contributed by atoms with E-state index in [1.807, 2.05) is 0 Å². The number of alkyl halides is 3. The maximum atomic E-state index is 14.7. The van der Waals surface area contributed by atoms with Crippen LogP contribution in [0.4, 0.5) is 17.6 Å². The molecule has 31 heavy (non-hydrogen) atoms. The molecule has 2 aromatic carbocycles. The third-order valence-electron chi connectivity index (χ3n) is 4.75. The highest BCUT2D eigenvalue weighted by Gasteiger charge is 2.35. The molecular formula is C21H19F4N3O3. The summed E-state index contributed by atoms with van der Waals surface area (Å²) in [6, 6.07) is 7.23. The van der Waals surface area contributed by atoms with Gasteiger partial charge in [0, 0.05) is 26.1 Å². The summed E-state index contributed by atoms with van der Waals surface area (Å²) in [7, 11) is 4.53. The van der Waals surface area contributed by atoms with Gasteiger partial charge in [0.2, 0.25) is 11.3 Å². The number of para-hydroxylation sites is 1. The SMILES string of the molecule is COc1cccc2c(=O)c(-c3cccc(C(F)(F)F)c3F)nn(CCC(=O)N(C)C)c12. The number of fused-ring (bicyclic) bond motifs is 1. The number of halogens is 4. The molecular weight excluding hydrogens is 418 g/mol. The summed E-state index contributed by atoms with van der Waals surface area (Å²) in [6.07, 6.45) is -4.93. The topological polar surface area (TPSA) is 64.4 Å². The molecule has 164 valence electrons. The van der Waals surface area contributed by atoms with E-state index < -0.39 is 34.2 Å². The van der Waals surface area contributed by atoms with Gasteiger partial charge in [0.1, 0.15) is 22.8 Å². The Kier molecular flexibility index (Phi) is 6.01. The maximum Gasteiger partial charge on any atom is 0.419 e. The van der Waals surface area contributed by atoms with Crippen LogP contribution >= 0.6 is 0 Å². The van der Waals surface area contributed by atoms with E-state index in [4.69, 9.17) is 4.74 Å². The lowest BCUT2D eigenvalue weighted by atomic mass is 10.0. The first-order valence-electron chi connectivity index (χ1n) is 9.20. The zero-order valence-electron chi connectivity index (χ0n) is 17.0. The Morgan fingerprint density at radius 2 is 1.84 bits per heavy atom. The van der Waals surface area contributed by atoms with Gasteiger partial charge >= 0.3 is 6.18 Å². The Morgan fingerprint density at radius 1 is 1.16 bits per heavy atom. The van der Waals surface area contributed by atoms with Crippen LogP contribution in [0.5, 0.6) is 5.75 Å². The number of aryl methyl sites for hydroxylation is 1. The van der Waals surface area contributed by atoms with Crippen molar-refractivity contribution < 1.29 is 27.1 Å². The Bertz CT molecular complexity index is 1200. The minimum Gasteiger partial charge on any atom is -0.494 e. The standard InChI is InChI=1S/C21H19F4N3O3/c1-27(2)16(29)10-11-28-19-13(7-5-9-15(19)31-3)20(30)18(26-28)12-6-4-8-14(17(12)22)21(23,24)25/h4-9H,10-11H2,1-3H3. The van der Waals surface area contributed by atoms with Crippen LogP contribution < -0.4 is 10.2 Å². The number of nitrogens with zero attached hydrogens (tertiary/aromatic N) is 3. The first-order valence-corrected chi connectivity index (χ1v) is 9.20. The number of methoxy groups -OCH3 is 1. The second-order valence-corrected chi connectivity index (χ2v) is 6.96. The summed E-state index contributed by atoms with van der Waals surface area (Å²) in [6.45, 7) is 0.00173. The fraction of sp³-hybridized carbons (Fsp3) is 0.286. The lowest BCUT2D eigenvalue weighted by Gasteiger charge is -2.17. The van der Waals surface area contributed by atoms with E-state index in [0.29, 0.717) is 6.07 Å². The Morgan fingerprint density at radius 3 is 2.45 bits per heavy atom. The summed E-state index contributed by atoms with van der Waals surface area (Å²) in [5.74, 6) is -1.52. The van der Waals surface area contributed by atoms with Crippen molar-refractivity contribution in [2.45, 2.75) is 19.1 Å².